The molecule has 0 aromatic heterocycles. The largest absolute Gasteiger partial charge is 0.423 e. The maximum Gasteiger partial charge on any atom is 0.331 e. The number of nitrogens with zero attached hydrogens (tertiary/aromatic N) is 1. The monoisotopic (exact) mass is 344 g/mol. The summed E-state index contributed by atoms with van der Waals surface area (Å²) in [5.41, 5.74) is 3.63. The molecular weight excluding hydrogens is 328 g/mol. The molecule has 1 heterocycles. The third-order valence-electron chi connectivity index (χ3n) is 3.93. The molecule has 0 aliphatic carbocycles. The van der Waals surface area contributed by atoms with Crippen molar-refractivity contribution >= 4 is 34.9 Å². The molecule has 1 aliphatic heterocycles. The lowest BCUT2D eigenvalue weighted by atomic mass is 10.1. The Kier molecular flexibility index (Phi) is 4.44. The van der Waals surface area contributed by atoms with Crippen molar-refractivity contribution in [3.63, 3.8) is 0 Å². The molecule has 5 nitrogen and oxygen atoms in total. The number of halogens is 1. The number of amides is 1. The predicted octanol–water partition coefficient (Wildman–Crippen LogP) is 3.32. The van der Waals surface area contributed by atoms with Crippen LogP contribution in [0.15, 0.2) is 36.4 Å². The summed E-state index contributed by atoms with van der Waals surface area (Å²) in [5.74, 6) is -0.197. The molecule has 0 radical (unpaired) electrons. The van der Waals surface area contributed by atoms with Crippen LogP contribution in [-0.4, -0.2) is 25.0 Å². The Morgan fingerprint density at radius 3 is 2.75 bits per heavy atom. The second-order valence-corrected chi connectivity index (χ2v) is 6.23. The fourth-order valence-corrected chi connectivity index (χ4v) is 2.72. The Morgan fingerprint density at radius 2 is 2.00 bits per heavy atom. The van der Waals surface area contributed by atoms with E-state index in [4.69, 9.17) is 16.3 Å². The van der Waals surface area contributed by atoms with Crippen molar-refractivity contribution in [2.24, 2.45) is 0 Å². The summed E-state index contributed by atoms with van der Waals surface area (Å²) in [5, 5.41) is 3.37. The average Bonchev–Trinajstić information content (AvgIpc) is 2.51. The number of carbonyl (C=O) groups excluding carboxylic acids is 2. The molecule has 3 rings (SSSR count). The number of aryl methyl sites for hydroxylation is 2. The first kappa shape index (κ1) is 16.3. The Hall–Kier alpha value is -2.53. The van der Waals surface area contributed by atoms with E-state index in [0.29, 0.717) is 16.5 Å². The van der Waals surface area contributed by atoms with Crippen LogP contribution in [0.5, 0.6) is 5.75 Å². The molecule has 0 fully saturated rings. The van der Waals surface area contributed by atoms with Crippen LogP contribution in [-0.2, 0) is 9.59 Å². The zero-order valence-corrected chi connectivity index (χ0v) is 14.2. The first-order valence-corrected chi connectivity index (χ1v) is 7.92. The van der Waals surface area contributed by atoms with E-state index in [1.54, 1.807) is 23.1 Å². The molecule has 2 aromatic rings. The fraction of sp³-hybridized carbons (Fsp3) is 0.222. The van der Waals surface area contributed by atoms with Gasteiger partial charge in [0.2, 0.25) is 5.91 Å². The van der Waals surface area contributed by atoms with Crippen molar-refractivity contribution in [1.29, 1.82) is 0 Å². The van der Waals surface area contributed by atoms with Crippen LogP contribution in [0.3, 0.4) is 0 Å². The van der Waals surface area contributed by atoms with Crippen LogP contribution in [0.1, 0.15) is 11.1 Å². The second kappa shape index (κ2) is 6.53. The topological polar surface area (TPSA) is 58.6 Å². The van der Waals surface area contributed by atoms with Crippen LogP contribution in [0, 0.1) is 13.8 Å². The van der Waals surface area contributed by atoms with Gasteiger partial charge in [0.15, 0.2) is 5.75 Å². The molecule has 0 unspecified atom stereocenters. The van der Waals surface area contributed by atoms with Crippen molar-refractivity contribution in [2.75, 3.05) is 23.3 Å². The van der Waals surface area contributed by atoms with Gasteiger partial charge in [0.05, 0.1) is 12.2 Å². The van der Waals surface area contributed by atoms with Crippen LogP contribution in [0.4, 0.5) is 11.4 Å². The lowest BCUT2D eigenvalue weighted by Gasteiger charge is -2.29. The highest BCUT2D eigenvalue weighted by molar-refractivity contribution is 6.31. The van der Waals surface area contributed by atoms with Gasteiger partial charge in [-0.15, -0.1) is 0 Å². The van der Waals surface area contributed by atoms with Crippen LogP contribution in [0.25, 0.3) is 0 Å². The van der Waals surface area contributed by atoms with Crippen molar-refractivity contribution in [3.05, 3.63) is 52.5 Å². The van der Waals surface area contributed by atoms with Crippen molar-refractivity contribution < 1.29 is 14.3 Å². The smallest absolute Gasteiger partial charge is 0.331 e. The van der Waals surface area contributed by atoms with E-state index in [1.807, 2.05) is 32.0 Å². The molecule has 0 saturated heterocycles. The lowest BCUT2D eigenvalue weighted by molar-refractivity contribution is -0.133. The summed E-state index contributed by atoms with van der Waals surface area (Å²) in [7, 11) is 0. The van der Waals surface area contributed by atoms with E-state index in [0.717, 1.165) is 16.8 Å². The van der Waals surface area contributed by atoms with Gasteiger partial charge in [0.25, 0.3) is 0 Å². The minimum atomic E-state index is -0.399. The number of hydrogen-bond donors (Lipinski definition) is 1. The van der Waals surface area contributed by atoms with E-state index < -0.39 is 5.97 Å². The number of hydrogen-bond acceptors (Lipinski definition) is 4. The van der Waals surface area contributed by atoms with Gasteiger partial charge in [-0.2, -0.15) is 0 Å². The van der Waals surface area contributed by atoms with E-state index in [9.17, 15) is 9.59 Å². The van der Waals surface area contributed by atoms with Gasteiger partial charge >= 0.3 is 5.97 Å². The zero-order valence-electron chi connectivity index (χ0n) is 13.4. The molecule has 1 amide bonds. The van der Waals surface area contributed by atoms with Gasteiger partial charge in [-0.1, -0.05) is 17.7 Å². The Morgan fingerprint density at radius 1 is 1.21 bits per heavy atom. The summed E-state index contributed by atoms with van der Waals surface area (Å²) in [6.07, 6.45) is 0. The highest BCUT2D eigenvalue weighted by atomic mass is 35.5. The van der Waals surface area contributed by atoms with Gasteiger partial charge in [0.1, 0.15) is 6.54 Å². The summed E-state index contributed by atoms with van der Waals surface area (Å²) in [4.78, 5) is 25.7. The van der Waals surface area contributed by atoms with Gasteiger partial charge in [-0.3, -0.25) is 4.79 Å². The maximum atomic E-state index is 12.3. The number of carbonyl (C=O) groups is 2. The number of benzene rings is 2. The summed E-state index contributed by atoms with van der Waals surface area (Å²) in [6.45, 7) is 4.05. The fourth-order valence-electron chi connectivity index (χ4n) is 2.55. The molecule has 6 heteroatoms. The molecule has 1 aliphatic rings. The Bertz CT molecular complexity index is 820. The standard InChI is InChI=1S/C18H17ClN2O3/c1-11-3-5-14(7-12(11)2)20-17(22)9-21-10-18(23)24-16-6-4-13(19)8-15(16)21/h3-8H,9-10H2,1-2H3,(H,20,22). The second-order valence-electron chi connectivity index (χ2n) is 5.79. The molecule has 24 heavy (non-hydrogen) atoms. The molecule has 2 aromatic carbocycles. The summed E-state index contributed by atoms with van der Waals surface area (Å²) < 4.78 is 5.17. The number of rotatable bonds is 3. The third kappa shape index (κ3) is 3.51. The molecule has 0 atom stereocenters. The lowest BCUT2D eigenvalue weighted by Crippen LogP contribution is -2.41. The van der Waals surface area contributed by atoms with E-state index in [1.165, 1.54) is 0 Å². The van der Waals surface area contributed by atoms with Crippen LogP contribution < -0.4 is 15.0 Å². The van der Waals surface area contributed by atoms with Gasteiger partial charge < -0.3 is 15.0 Å². The number of fused-ring (bicyclic) bond motifs is 1. The first-order chi connectivity index (χ1) is 11.4. The summed E-state index contributed by atoms with van der Waals surface area (Å²) >= 11 is 6.01. The summed E-state index contributed by atoms with van der Waals surface area (Å²) in [6, 6.07) is 10.7. The SMILES string of the molecule is Cc1ccc(NC(=O)CN2CC(=O)Oc3ccc(Cl)cc32)cc1C. The molecular formula is C18H17ClN2O3. The van der Waals surface area contributed by atoms with Crippen molar-refractivity contribution in [1.82, 2.24) is 0 Å². The van der Waals surface area contributed by atoms with Crippen LogP contribution in [0.2, 0.25) is 5.02 Å². The molecule has 124 valence electrons. The molecule has 0 bridgehead atoms. The number of esters is 1. The van der Waals surface area contributed by atoms with E-state index in [2.05, 4.69) is 5.32 Å². The van der Waals surface area contributed by atoms with Crippen molar-refractivity contribution in [2.45, 2.75) is 13.8 Å². The van der Waals surface area contributed by atoms with Crippen LogP contribution >= 0.6 is 11.6 Å². The highest BCUT2D eigenvalue weighted by Gasteiger charge is 2.26. The minimum absolute atomic E-state index is 0.00763. The minimum Gasteiger partial charge on any atom is -0.423 e. The third-order valence-corrected chi connectivity index (χ3v) is 4.17. The first-order valence-electron chi connectivity index (χ1n) is 7.54. The van der Waals surface area contributed by atoms with E-state index in [-0.39, 0.29) is 19.0 Å². The number of nitrogens with one attached hydrogen (secondary N) is 1. The normalized spacial score (nSPS) is 13.3. The van der Waals surface area contributed by atoms with E-state index >= 15 is 0 Å². The Balaban J connectivity index is 1.76. The average molecular weight is 345 g/mol. The number of ether oxygens (including phenoxy) is 1. The zero-order chi connectivity index (χ0) is 17.3. The van der Waals surface area contributed by atoms with Gasteiger partial charge in [-0.25, -0.2) is 4.79 Å². The molecule has 0 saturated carbocycles. The predicted molar refractivity (Wildman–Crippen MR) is 93.8 cm³/mol. The molecule has 1 N–H and O–H groups in total. The highest BCUT2D eigenvalue weighted by Crippen LogP contribution is 2.34. The maximum absolute atomic E-state index is 12.3. The van der Waals surface area contributed by atoms with Crippen molar-refractivity contribution in [3.8, 4) is 5.75 Å². The van der Waals surface area contributed by atoms with Gasteiger partial charge in [-0.05, 0) is 55.3 Å². The quantitative estimate of drug-likeness (QED) is 0.685. The molecule has 0 spiro atoms. The van der Waals surface area contributed by atoms with Gasteiger partial charge in [0, 0.05) is 10.7 Å². The number of anilines is 2. The Labute approximate surface area is 145 Å².